The van der Waals surface area contributed by atoms with E-state index in [2.05, 4.69) is 15.0 Å². The van der Waals surface area contributed by atoms with Crippen molar-refractivity contribution in [1.82, 2.24) is 15.1 Å². The van der Waals surface area contributed by atoms with Crippen LogP contribution in [0.5, 0.6) is 0 Å². The van der Waals surface area contributed by atoms with E-state index in [0.717, 1.165) is 49.2 Å². The summed E-state index contributed by atoms with van der Waals surface area (Å²) in [5, 5.41) is 2.79. The third-order valence-corrected chi connectivity index (χ3v) is 7.91. The fourth-order valence-corrected chi connectivity index (χ4v) is 5.74. The van der Waals surface area contributed by atoms with E-state index in [1.54, 1.807) is 0 Å². The van der Waals surface area contributed by atoms with Crippen molar-refractivity contribution in [2.75, 3.05) is 32.7 Å². The van der Waals surface area contributed by atoms with Crippen LogP contribution >= 0.6 is 0 Å². The molecule has 7 nitrogen and oxygen atoms in total. The number of hydrogen-bond donors (Lipinski definition) is 1. The minimum absolute atomic E-state index is 0.0808. The van der Waals surface area contributed by atoms with E-state index in [9.17, 15) is 27.6 Å². The maximum atomic E-state index is 13.3. The second-order valence-corrected chi connectivity index (χ2v) is 11.4. The number of likely N-dealkylation sites (tertiary alicyclic amines) is 2. The van der Waals surface area contributed by atoms with E-state index in [1.165, 1.54) is 0 Å². The van der Waals surface area contributed by atoms with Gasteiger partial charge in [-0.1, -0.05) is 48.5 Å². The molecule has 2 aliphatic heterocycles. The minimum Gasteiger partial charge on any atom is -0.443 e. The molecule has 0 aliphatic carbocycles. The quantitative estimate of drug-likeness (QED) is 0.484. The summed E-state index contributed by atoms with van der Waals surface area (Å²) < 4.78 is 42.6. The molecule has 2 amide bonds. The molecule has 4 rings (SSSR count). The summed E-state index contributed by atoms with van der Waals surface area (Å²) in [6, 6.07) is 14.6. The number of carbonyl (C=O) groups excluding carboxylic acids is 3. The molecule has 2 aliphatic rings. The first-order chi connectivity index (χ1) is 18.8. The fourth-order valence-electron chi connectivity index (χ4n) is 5.74. The number of esters is 1. The van der Waals surface area contributed by atoms with E-state index in [-0.39, 0.29) is 5.91 Å². The number of benzene rings is 2. The zero-order valence-corrected chi connectivity index (χ0v) is 23.3. The predicted octanol–water partition coefficient (Wildman–Crippen LogP) is 4.44. The molecule has 10 heteroatoms. The Bertz CT molecular complexity index is 1210. The van der Waals surface area contributed by atoms with Gasteiger partial charge in [0, 0.05) is 38.3 Å². The SMILES string of the molecule is Cc1cccc(C)c1C(=O)N1CC2CN(CCC(NC(=O)C(C)(C)OC(=O)C(F)(F)F)c3ccccc3)C[C@H]2C1. The Morgan fingerprint density at radius 2 is 1.50 bits per heavy atom. The van der Waals surface area contributed by atoms with Gasteiger partial charge in [-0.15, -0.1) is 0 Å². The van der Waals surface area contributed by atoms with Gasteiger partial charge in [0.1, 0.15) is 0 Å². The van der Waals surface area contributed by atoms with Gasteiger partial charge < -0.3 is 19.9 Å². The molecule has 0 saturated carbocycles. The molecule has 0 radical (unpaired) electrons. The molecule has 216 valence electrons. The van der Waals surface area contributed by atoms with Crippen LogP contribution < -0.4 is 5.32 Å². The van der Waals surface area contributed by atoms with Gasteiger partial charge in [0.2, 0.25) is 0 Å². The topological polar surface area (TPSA) is 79.0 Å². The number of hydrogen-bond acceptors (Lipinski definition) is 5. The van der Waals surface area contributed by atoms with Gasteiger partial charge >= 0.3 is 12.1 Å². The molecule has 2 aromatic carbocycles. The van der Waals surface area contributed by atoms with Crippen LogP contribution in [0.3, 0.4) is 0 Å². The molecule has 1 N–H and O–H groups in total. The molecule has 0 spiro atoms. The van der Waals surface area contributed by atoms with E-state index in [0.29, 0.717) is 37.9 Å². The van der Waals surface area contributed by atoms with Crippen LogP contribution in [0.25, 0.3) is 0 Å². The first kappa shape index (κ1) is 29.6. The Morgan fingerprint density at radius 1 is 0.925 bits per heavy atom. The highest BCUT2D eigenvalue weighted by molar-refractivity contribution is 5.97. The largest absolute Gasteiger partial charge is 0.490 e. The molecule has 2 heterocycles. The van der Waals surface area contributed by atoms with Crippen LogP contribution in [0.2, 0.25) is 0 Å². The van der Waals surface area contributed by atoms with Gasteiger partial charge in [0.25, 0.3) is 11.8 Å². The van der Waals surface area contributed by atoms with Crippen molar-refractivity contribution in [3.8, 4) is 0 Å². The summed E-state index contributed by atoms with van der Waals surface area (Å²) in [5.74, 6) is -2.41. The third-order valence-electron chi connectivity index (χ3n) is 7.91. The summed E-state index contributed by atoms with van der Waals surface area (Å²) in [4.78, 5) is 41.8. The highest BCUT2D eigenvalue weighted by atomic mass is 19.4. The van der Waals surface area contributed by atoms with E-state index >= 15 is 0 Å². The van der Waals surface area contributed by atoms with Crippen LogP contribution in [0.1, 0.15) is 53.4 Å². The molecule has 3 atom stereocenters. The lowest BCUT2D eigenvalue weighted by atomic mass is 10.0. The van der Waals surface area contributed by atoms with Crippen molar-refractivity contribution in [1.29, 1.82) is 0 Å². The van der Waals surface area contributed by atoms with Gasteiger partial charge in [-0.25, -0.2) is 4.79 Å². The van der Waals surface area contributed by atoms with Gasteiger partial charge in [-0.3, -0.25) is 9.59 Å². The highest BCUT2D eigenvalue weighted by Gasteiger charge is 2.46. The van der Waals surface area contributed by atoms with Crippen LogP contribution in [0, 0.1) is 25.7 Å². The monoisotopic (exact) mass is 559 g/mol. The lowest BCUT2D eigenvalue weighted by molar-refractivity contribution is -0.211. The number of aryl methyl sites for hydroxylation is 2. The Hall–Kier alpha value is -3.40. The van der Waals surface area contributed by atoms with Gasteiger partial charge in [0.15, 0.2) is 5.60 Å². The predicted molar refractivity (Wildman–Crippen MR) is 143 cm³/mol. The van der Waals surface area contributed by atoms with Crippen LogP contribution in [0.15, 0.2) is 48.5 Å². The summed E-state index contributed by atoms with van der Waals surface area (Å²) in [5.41, 5.74) is 1.54. The van der Waals surface area contributed by atoms with Crippen molar-refractivity contribution in [2.45, 2.75) is 51.9 Å². The second-order valence-electron chi connectivity index (χ2n) is 11.4. The number of amides is 2. The second kappa shape index (κ2) is 11.6. The van der Waals surface area contributed by atoms with Gasteiger partial charge in [-0.2, -0.15) is 13.2 Å². The normalized spacial score (nSPS) is 20.2. The number of halogens is 3. The smallest absolute Gasteiger partial charge is 0.443 e. The van der Waals surface area contributed by atoms with E-state index in [4.69, 9.17) is 0 Å². The van der Waals surface area contributed by atoms with Crippen LogP contribution in [-0.2, 0) is 14.3 Å². The number of nitrogens with one attached hydrogen (secondary N) is 1. The van der Waals surface area contributed by atoms with Crippen molar-refractivity contribution >= 4 is 17.8 Å². The maximum Gasteiger partial charge on any atom is 0.490 e. The Balaban J connectivity index is 1.36. The molecule has 40 heavy (non-hydrogen) atoms. The van der Waals surface area contributed by atoms with Crippen molar-refractivity contribution < 1.29 is 32.3 Å². The van der Waals surface area contributed by atoms with Crippen molar-refractivity contribution in [2.24, 2.45) is 11.8 Å². The Kier molecular flexibility index (Phi) is 8.58. The standard InChI is InChI=1S/C30H36F3N3O4/c1-19-9-8-10-20(2)25(19)26(37)36-17-22-15-35(16-23(22)18-36)14-13-24(21-11-6-5-7-12-21)34-27(38)29(3,4)40-28(39)30(31,32)33/h5-12,22-24H,13-18H2,1-4H3,(H,34,38)/t22-,23?,24?/m0/s1. The average molecular weight is 560 g/mol. The number of alkyl halides is 3. The van der Waals surface area contributed by atoms with Crippen molar-refractivity contribution in [3.05, 3.63) is 70.8 Å². The molecule has 2 saturated heterocycles. The highest BCUT2D eigenvalue weighted by Crippen LogP contribution is 2.33. The number of nitrogens with zero attached hydrogens (tertiary/aromatic N) is 2. The van der Waals surface area contributed by atoms with E-state index in [1.807, 2.05) is 67.3 Å². The minimum atomic E-state index is -5.19. The molecule has 2 fully saturated rings. The molecule has 0 bridgehead atoms. The summed E-state index contributed by atoms with van der Waals surface area (Å²) in [6.07, 6.45) is -4.67. The molecule has 2 aromatic rings. The first-order valence-electron chi connectivity index (χ1n) is 13.5. The Morgan fingerprint density at radius 3 is 2.05 bits per heavy atom. The zero-order chi connectivity index (χ0) is 29.2. The number of fused-ring (bicyclic) bond motifs is 1. The average Bonchev–Trinajstić information content (AvgIpc) is 3.45. The molecular formula is C30H36F3N3O4. The molecular weight excluding hydrogens is 523 g/mol. The Labute approximate surface area is 232 Å². The van der Waals surface area contributed by atoms with Crippen LogP contribution in [0.4, 0.5) is 13.2 Å². The summed E-state index contributed by atoms with van der Waals surface area (Å²) in [6.45, 7) is 9.90. The zero-order valence-electron chi connectivity index (χ0n) is 23.3. The summed E-state index contributed by atoms with van der Waals surface area (Å²) in [7, 11) is 0. The lowest BCUT2D eigenvalue weighted by Gasteiger charge is -2.29. The van der Waals surface area contributed by atoms with Crippen molar-refractivity contribution in [3.63, 3.8) is 0 Å². The molecule has 2 unspecified atom stereocenters. The van der Waals surface area contributed by atoms with Gasteiger partial charge in [-0.05, 0) is 62.6 Å². The lowest BCUT2D eigenvalue weighted by Crippen LogP contribution is -2.49. The third kappa shape index (κ3) is 6.66. The number of carbonyl (C=O) groups is 3. The fraction of sp³-hybridized carbons (Fsp3) is 0.500. The number of ether oxygens (including phenoxy) is 1. The number of rotatable bonds is 8. The van der Waals surface area contributed by atoms with Crippen LogP contribution in [-0.4, -0.2) is 72.1 Å². The van der Waals surface area contributed by atoms with Gasteiger partial charge in [0.05, 0.1) is 6.04 Å². The maximum absolute atomic E-state index is 13.3. The van der Waals surface area contributed by atoms with E-state index < -0.39 is 29.7 Å². The first-order valence-corrected chi connectivity index (χ1v) is 13.5. The molecule has 0 aromatic heterocycles. The summed E-state index contributed by atoms with van der Waals surface area (Å²) >= 11 is 0.